The van der Waals surface area contributed by atoms with E-state index in [4.69, 9.17) is 15.2 Å². The zero-order valence-electron chi connectivity index (χ0n) is 11.4. The van der Waals surface area contributed by atoms with Crippen molar-refractivity contribution in [3.05, 3.63) is 24.3 Å². The highest BCUT2D eigenvalue weighted by atomic mass is 16.5. The van der Waals surface area contributed by atoms with Gasteiger partial charge in [-0.25, -0.2) is 0 Å². The first kappa shape index (κ1) is 15.3. The summed E-state index contributed by atoms with van der Waals surface area (Å²) in [5, 5.41) is 9.46. The van der Waals surface area contributed by atoms with E-state index in [1.54, 1.807) is 26.0 Å². The molecule has 0 saturated carbocycles. The Morgan fingerprint density at radius 1 is 1.32 bits per heavy atom. The summed E-state index contributed by atoms with van der Waals surface area (Å²) in [4.78, 5) is 11.4. The number of para-hydroxylation sites is 2. The molecule has 1 rings (SSSR count). The van der Waals surface area contributed by atoms with Crippen molar-refractivity contribution in [3.63, 3.8) is 0 Å². The highest BCUT2D eigenvalue weighted by molar-refractivity contribution is 5.69. The molecular formula is C14H21NO4. The third kappa shape index (κ3) is 6.67. The minimum Gasteiger partial charge on any atom is -0.491 e. The molecule has 5 heteroatoms. The van der Waals surface area contributed by atoms with Gasteiger partial charge in [0.15, 0.2) is 0 Å². The van der Waals surface area contributed by atoms with Crippen molar-refractivity contribution in [2.24, 2.45) is 0 Å². The van der Waals surface area contributed by atoms with Crippen LogP contribution in [-0.4, -0.2) is 29.9 Å². The van der Waals surface area contributed by atoms with Crippen LogP contribution in [0.25, 0.3) is 0 Å². The highest BCUT2D eigenvalue weighted by Crippen LogP contribution is 2.19. The highest BCUT2D eigenvalue weighted by Gasteiger charge is 2.13. The maximum absolute atomic E-state index is 11.4. The summed E-state index contributed by atoms with van der Waals surface area (Å²) in [5.41, 5.74) is 5.41. The summed E-state index contributed by atoms with van der Waals surface area (Å²) in [6, 6.07) is 7.10. The number of anilines is 1. The van der Waals surface area contributed by atoms with Gasteiger partial charge in [-0.1, -0.05) is 12.1 Å². The van der Waals surface area contributed by atoms with Crippen molar-refractivity contribution in [2.75, 3.05) is 18.9 Å². The molecule has 0 radical (unpaired) electrons. The van der Waals surface area contributed by atoms with Crippen LogP contribution in [0.4, 0.5) is 5.69 Å². The van der Waals surface area contributed by atoms with Crippen LogP contribution < -0.4 is 10.5 Å². The summed E-state index contributed by atoms with van der Waals surface area (Å²) >= 11 is 0. The summed E-state index contributed by atoms with van der Waals surface area (Å²) in [5.74, 6) is 0.213. The van der Waals surface area contributed by atoms with Gasteiger partial charge in [0.05, 0.1) is 30.9 Å². The molecule has 0 atom stereocenters. The first-order valence-electron chi connectivity index (χ1n) is 6.24. The first-order valence-corrected chi connectivity index (χ1v) is 6.24. The number of hydrogen-bond donors (Lipinski definition) is 2. The number of esters is 1. The molecule has 19 heavy (non-hydrogen) atoms. The van der Waals surface area contributed by atoms with E-state index in [1.807, 2.05) is 12.1 Å². The van der Waals surface area contributed by atoms with E-state index in [1.165, 1.54) is 0 Å². The van der Waals surface area contributed by atoms with E-state index in [9.17, 15) is 9.90 Å². The molecule has 1 aromatic rings. The zero-order valence-corrected chi connectivity index (χ0v) is 11.4. The van der Waals surface area contributed by atoms with Crippen LogP contribution in [0.1, 0.15) is 26.7 Å². The van der Waals surface area contributed by atoms with Gasteiger partial charge in [-0.2, -0.15) is 0 Å². The number of carbonyl (C=O) groups is 1. The summed E-state index contributed by atoms with van der Waals surface area (Å²) < 4.78 is 10.4. The van der Waals surface area contributed by atoms with E-state index in [-0.39, 0.29) is 25.6 Å². The zero-order chi connectivity index (χ0) is 14.3. The molecule has 0 unspecified atom stereocenters. The number of hydrogen-bond acceptors (Lipinski definition) is 5. The molecule has 106 valence electrons. The molecule has 0 aliphatic heterocycles. The molecule has 3 N–H and O–H groups in total. The van der Waals surface area contributed by atoms with Crippen LogP contribution in [0.15, 0.2) is 24.3 Å². The van der Waals surface area contributed by atoms with Crippen molar-refractivity contribution in [1.29, 1.82) is 0 Å². The van der Waals surface area contributed by atoms with Gasteiger partial charge in [-0.05, 0) is 26.0 Å². The summed E-state index contributed by atoms with van der Waals surface area (Å²) in [6.07, 6.45) is 0.561. The number of aliphatic hydroxyl groups is 1. The molecule has 0 aromatic heterocycles. The Kier molecular flexibility index (Phi) is 5.63. The Labute approximate surface area is 113 Å². The smallest absolute Gasteiger partial charge is 0.309 e. The van der Waals surface area contributed by atoms with Crippen LogP contribution in [-0.2, 0) is 9.53 Å². The monoisotopic (exact) mass is 267 g/mol. The van der Waals surface area contributed by atoms with Gasteiger partial charge < -0.3 is 20.3 Å². The van der Waals surface area contributed by atoms with E-state index in [0.717, 1.165) is 0 Å². The van der Waals surface area contributed by atoms with Crippen molar-refractivity contribution in [2.45, 2.75) is 32.3 Å². The number of ether oxygens (including phenoxy) is 2. The molecule has 1 aromatic carbocycles. The van der Waals surface area contributed by atoms with Crippen molar-refractivity contribution >= 4 is 11.7 Å². The SMILES string of the molecule is CC(C)(O)CCOC(=O)CCOc1ccccc1N. The summed E-state index contributed by atoms with van der Waals surface area (Å²) in [7, 11) is 0. The van der Waals surface area contributed by atoms with E-state index in [0.29, 0.717) is 17.9 Å². The average Bonchev–Trinajstić information content (AvgIpc) is 2.30. The molecule has 0 aliphatic carbocycles. The van der Waals surface area contributed by atoms with Gasteiger partial charge in [0.25, 0.3) is 0 Å². The van der Waals surface area contributed by atoms with Crippen LogP contribution in [0.5, 0.6) is 5.75 Å². The number of rotatable bonds is 7. The number of carbonyl (C=O) groups excluding carboxylic acids is 1. The third-order valence-electron chi connectivity index (χ3n) is 2.46. The van der Waals surface area contributed by atoms with Crippen molar-refractivity contribution in [1.82, 2.24) is 0 Å². The molecule has 0 bridgehead atoms. The quantitative estimate of drug-likeness (QED) is 0.581. The maximum atomic E-state index is 11.4. The maximum Gasteiger partial charge on any atom is 0.309 e. The molecule has 0 heterocycles. The van der Waals surface area contributed by atoms with Crippen molar-refractivity contribution in [3.8, 4) is 5.75 Å². The normalized spacial score (nSPS) is 11.1. The fourth-order valence-corrected chi connectivity index (χ4v) is 1.34. The standard InChI is InChI=1S/C14H21NO4/c1-14(2,17)8-10-19-13(16)7-9-18-12-6-4-3-5-11(12)15/h3-6,17H,7-10,15H2,1-2H3. The van der Waals surface area contributed by atoms with Gasteiger partial charge in [-0.15, -0.1) is 0 Å². The Hall–Kier alpha value is -1.75. The van der Waals surface area contributed by atoms with Gasteiger partial charge in [-0.3, -0.25) is 4.79 Å². The van der Waals surface area contributed by atoms with Gasteiger partial charge in [0, 0.05) is 6.42 Å². The largest absolute Gasteiger partial charge is 0.491 e. The van der Waals surface area contributed by atoms with E-state index >= 15 is 0 Å². The van der Waals surface area contributed by atoms with Crippen LogP contribution in [0, 0.1) is 0 Å². The second kappa shape index (κ2) is 6.99. The van der Waals surface area contributed by atoms with Crippen LogP contribution in [0.3, 0.4) is 0 Å². The van der Waals surface area contributed by atoms with Crippen LogP contribution >= 0.6 is 0 Å². The van der Waals surface area contributed by atoms with E-state index in [2.05, 4.69) is 0 Å². The molecule has 5 nitrogen and oxygen atoms in total. The van der Waals surface area contributed by atoms with Gasteiger partial charge in [0.2, 0.25) is 0 Å². The number of benzene rings is 1. The fraction of sp³-hybridized carbons (Fsp3) is 0.500. The average molecular weight is 267 g/mol. The van der Waals surface area contributed by atoms with Crippen molar-refractivity contribution < 1.29 is 19.4 Å². The predicted molar refractivity (Wildman–Crippen MR) is 72.8 cm³/mol. The lowest BCUT2D eigenvalue weighted by atomic mass is 10.1. The molecule has 0 aliphatic rings. The molecule has 0 fully saturated rings. The molecule has 0 spiro atoms. The Balaban J connectivity index is 2.19. The second-order valence-corrected chi connectivity index (χ2v) is 4.92. The molecule has 0 amide bonds. The summed E-state index contributed by atoms with van der Waals surface area (Å²) in [6.45, 7) is 3.76. The second-order valence-electron chi connectivity index (χ2n) is 4.92. The minimum atomic E-state index is -0.824. The lowest BCUT2D eigenvalue weighted by Crippen LogP contribution is -2.22. The Morgan fingerprint density at radius 3 is 2.63 bits per heavy atom. The van der Waals surface area contributed by atoms with E-state index < -0.39 is 5.60 Å². The number of nitrogen functional groups attached to an aromatic ring is 1. The molecular weight excluding hydrogens is 246 g/mol. The van der Waals surface area contributed by atoms with Gasteiger partial charge >= 0.3 is 5.97 Å². The first-order chi connectivity index (χ1) is 8.88. The molecule has 0 saturated heterocycles. The lowest BCUT2D eigenvalue weighted by molar-refractivity contribution is -0.145. The number of nitrogens with two attached hydrogens (primary N) is 1. The Morgan fingerprint density at radius 2 is 2.00 bits per heavy atom. The van der Waals surface area contributed by atoms with Gasteiger partial charge in [0.1, 0.15) is 5.75 Å². The van der Waals surface area contributed by atoms with Crippen LogP contribution in [0.2, 0.25) is 0 Å². The fourth-order valence-electron chi connectivity index (χ4n) is 1.34. The minimum absolute atomic E-state index is 0.153. The Bertz CT molecular complexity index is 412. The topological polar surface area (TPSA) is 81.8 Å². The lowest BCUT2D eigenvalue weighted by Gasteiger charge is -2.16. The predicted octanol–water partition coefficient (Wildman–Crippen LogP) is 1.74. The third-order valence-corrected chi connectivity index (χ3v) is 2.46.